The standard InChI is InChI=1S/C18H21N5O2S/c1-12(2)21-18-22-16-14(8-6-10-19-16)17(23-18)20-11-13-7-4-5-9-15(13)26(3,24)25/h4-10,12H,11H2,1-3H3,(H2,19,20,21,22,23). The summed E-state index contributed by atoms with van der Waals surface area (Å²) in [6, 6.07) is 10.8. The summed E-state index contributed by atoms with van der Waals surface area (Å²) in [5, 5.41) is 7.18. The van der Waals surface area contributed by atoms with Gasteiger partial charge in [0.05, 0.1) is 10.3 Å². The first-order valence-electron chi connectivity index (χ1n) is 8.26. The first kappa shape index (κ1) is 18.1. The number of pyridine rings is 1. The van der Waals surface area contributed by atoms with Crippen LogP contribution in [0, 0.1) is 0 Å². The molecule has 0 unspecified atom stereocenters. The molecule has 2 N–H and O–H groups in total. The van der Waals surface area contributed by atoms with Crippen molar-refractivity contribution < 1.29 is 8.42 Å². The van der Waals surface area contributed by atoms with Gasteiger partial charge in [0.1, 0.15) is 5.82 Å². The van der Waals surface area contributed by atoms with Crippen molar-refractivity contribution in [3.8, 4) is 0 Å². The van der Waals surface area contributed by atoms with E-state index >= 15 is 0 Å². The van der Waals surface area contributed by atoms with Crippen molar-refractivity contribution in [3.05, 3.63) is 48.2 Å². The van der Waals surface area contributed by atoms with Crippen LogP contribution in [0.1, 0.15) is 19.4 Å². The lowest BCUT2D eigenvalue weighted by molar-refractivity contribution is 0.601. The maximum absolute atomic E-state index is 12.0. The SMILES string of the molecule is CC(C)Nc1nc(NCc2ccccc2S(C)(=O)=O)c2cccnc2n1. The molecule has 8 heteroatoms. The number of anilines is 2. The van der Waals surface area contributed by atoms with E-state index in [1.54, 1.807) is 24.4 Å². The van der Waals surface area contributed by atoms with Gasteiger partial charge < -0.3 is 10.6 Å². The lowest BCUT2D eigenvalue weighted by atomic mass is 10.2. The Bertz CT molecular complexity index is 1030. The van der Waals surface area contributed by atoms with Gasteiger partial charge in [-0.25, -0.2) is 13.4 Å². The average molecular weight is 371 g/mol. The molecule has 3 rings (SSSR count). The van der Waals surface area contributed by atoms with Gasteiger partial charge in [-0.2, -0.15) is 9.97 Å². The molecular formula is C18H21N5O2S. The molecule has 0 saturated carbocycles. The minimum Gasteiger partial charge on any atom is -0.365 e. The van der Waals surface area contributed by atoms with Crippen LogP contribution in [-0.2, 0) is 16.4 Å². The number of hydrogen-bond acceptors (Lipinski definition) is 7. The summed E-state index contributed by atoms with van der Waals surface area (Å²) in [6.07, 6.45) is 2.89. The molecular weight excluding hydrogens is 350 g/mol. The second kappa shape index (κ2) is 7.25. The predicted molar refractivity (Wildman–Crippen MR) is 103 cm³/mol. The number of aromatic nitrogens is 3. The molecule has 0 bridgehead atoms. The Morgan fingerprint density at radius 2 is 1.85 bits per heavy atom. The lowest BCUT2D eigenvalue weighted by Gasteiger charge is -2.14. The van der Waals surface area contributed by atoms with Crippen LogP contribution in [0.25, 0.3) is 11.0 Å². The number of hydrogen-bond donors (Lipinski definition) is 2. The van der Waals surface area contributed by atoms with Gasteiger partial charge in [-0.05, 0) is 37.6 Å². The second-order valence-corrected chi connectivity index (χ2v) is 8.29. The molecule has 136 valence electrons. The fourth-order valence-electron chi connectivity index (χ4n) is 2.61. The van der Waals surface area contributed by atoms with E-state index in [0.29, 0.717) is 34.4 Å². The molecule has 0 aliphatic rings. The molecule has 0 aliphatic heterocycles. The highest BCUT2D eigenvalue weighted by atomic mass is 32.2. The Kier molecular flexibility index (Phi) is 5.03. The Labute approximate surface area is 152 Å². The quantitative estimate of drug-likeness (QED) is 0.687. The van der Waals surface area contributed by atoms with E-state index in [1.165, 1.54) is 6.26 Å². The first-order valence-corrected chi connectivity index (χ1v) is 10.1. The van der Waals surface area contributed by atoms with Gasteiger partial charge in [-0.15, -0.1) is 0 Å². The van der Waals surface area contributed by atoms with Gasteiger partial charge in [-0.1, -0.05) is 18.2 Å². The van der Waals surface area contributed by atoms with E-state index in [-0.39, 0.29) is 6.04 Å². The summed E-state index contributed by atoms with van der Waals surface area (Å²) in [6.45, 7) is 4.33. The summed E-state index contributed by atoms with van der Waals surface area (Å²) >= 11 is 0. The Morgan fingerprint density at radius 1 is 1.08 bits per heavy atom. The fraction of sp³-hybridized carbons (Fsp3) is 0.278. The zero-order valence-corrected chi connectivity index (χ0v) is 15.7. The van der Waals surface area contributed by atoms with E-state index in [1.807, 2.05) is 32.0 Å². The molecule has 7 nitrogen and oxygen atoms in total. The van der Waals surface area contributed by atoms with Crippen LogP contribution < -0.4 is 10.6 Å². The van der Waals surface area contributed by atoms with Gasteiger partial charge >= 0.3 is 0 Å². The normalized spacial score (nSPS) is 11.7. The van der Waals surface area contributed by atoms with Crippen LogP contribution in [0.3, 0.4) is 0 Å². The van der Waals surface area contributed by atoms with E-state index < -0.39 is 9.84 Å². The second-order valence-electron chi connectivity index (χ2n) is 6.30. The van der Waals surface area contributed by atoms with Crippen LogP contribution in [0.5, 0.6) is 0 Å². The largest absolute Gasteiger partial charge is 0.365 e. The van der Waals surface area contributed by atoms with Crippen molar-refractivity contribution in [2.45, 2.75) is 31.3 Å². The Hall–Kier alpha value is -2.74. The number of nitrogens with zero attached hydrogens (tertiary/aromatic N) is 3. The number of rotatable bonds is 6. The molecule has 0 radical (unpaired) electrons. The van der Waals surface area contributed by atoms with Gasteiger partial charge in [0.25, 0.3) is 0 Å². The average Bonchev–Trinajstić information content (AvgIpc) is 2.58. The first-order chi connectivity index (χ1) is 12.3. The fourth-order valence-corrected chi connectivity index (χ4v) is 3.55. The third kappa shape index (κ3) is 4.08. The van der Waals surface area contributed by atoms with Crippen LogP contribution >= 0.6 is 0 Å². The van der Waals surface area contributed by atoms with Gasteiger partial charge in [0.2, 0.25) is 5.95 Å². The Morgan fingerprint density at radius 3 is 2.58 bits per heavy atom. The van der Waals surface area contributed by atoms with Crippen LogP contribution in [0.2, 0.25) is 0 Å². The molecule has 2 aromatic heterocycles. The topological polar surface area (TPSA) is 96.9 Å². The van der Waals surface area contributed by atoms with Crippen molar-refractivity contribution in [3.63, 3.8) is 0 Å². The molecule has 26 heavy (non-hydrogen) atoms. The summed E-state index contributed by atoms with van der Waals surface area (Å²) in [7, 11) is -3.30. The van der Waals surface area contributed by atoms with Crippen molar-refractivity contribution in [1.82, 2.24) is 15.0 Å². The zero-order valence-electron chi connectivity index (χ0n) is 14.9. The molecule has 2 heterocycles. The minimum absolute atomic E-state index is 0.176. The molecule has 0 amide bonds. The molecule has 0 aliphatic carbocycles. The summed E-state index contributed by atoms with van der Waals surface area (Å²) in [4.78, 5) is 13.5. The molecule has 0 saturated heterocycles. The number of fused-ring (bicyclic) bond motifs is 1. The number of benzene rings is 1. The zero-order chi connectivity index (χ0) is 18.7. The molecule has 0 fully saturated rings. The van der Waals surface area contributed by atoms with Gasteiger partial charge in [0.15, 0.2) is 15.5 Å². The van der Waals surface area contributed by atoms with Gasteiger partial charge in [0, 0.05) is 25.0 Å². The van der Waals surface area contributed by atoms with E-state index in [4.69, 9.17) is 0 Å². The predicted octanol–water partition coefficient (Wildman–Crippen LogP) is 2.86. The highest BCUT2D eigenvalue weighted by Gasteiger charge is 2.14. The summed E-state index contributed by atoms with van der Waals surface area (Å²) in [5.74, 6) is 1.08. The maximum Gasteiger partial charge on any atom is 0.226 e. The lowest BCUT2D eigenvalue weighted by Crippen LogP contribution is -2.14. The van der Waals surface area contributed by atoms with Crippen molar-refractivity contribution >= 4 is 32.6 Å². The Balaban J connectivity index is 1.97. The van der Waals surface area contributed by atoms with Crippen LogP contribution in [0.15, 0.2) is 47.5 Å². The van der Waals surface area contributed by atoms with Crippen molar-refractivity contribution in [1.29, 1.82) is 0 Å². The highest BCUT2D eigenvalue weighted by Crippen LogP contribution is 2.22. The number of sulfone groups is 1. The summed E-state index contributed by atoms with van der Waals surface area (Å²) in [5.41, 5.74) is 1.26. The monoisotopic (exact) mass is 371 g/mol. The van der Waals surface area contributed by atoms with E-state index in [0.717, 1.165) is 5.39 Å². The number of nitrogens with one attached hydrogen (secondary N) is 2. The van der Waals surface area contributed by atoms with Gasteiger partial charge in [-0.3, -0.25) is 0 Å². The molecule has 3 aromatic rings. The van der Waals surface area contributed by atoms with E-state index in [2.05, 4.69) is 25.6 Å². The summed E-state index contributed by atoms with van der Waals surface area (Å²) < 4.78 is 24.0. The van der Waals surface area contributed by atoms with Crippen LogP contribution in [-0.4, -0.2) is 35.7 Å². The minimum atomic E-state index is -3.30. The maximum atomic E-state index is 12.0. The molecule has 1 aromatic carbocycles. The third-order valence-corrected chi connectivity index (χ3v) is 4.90. The smallest absolute Gasteiger partial charge is 0.226 e. The molecule has 0 spiro atoms. The third-order valence-electron chi connectivity index (χ3n) is 3.71. The van der Waals surface area contributed by atoms with E-state index in [9.17, 15) is 8.42 Å². The van der Waals surface area contributed by atoms with Crippen molar-refractivity contribution in [2.75, 3.05) is 16.9 Å². The van der Waals surface area contributed by atoms with Crippen LogP contribution in [0.4, 0.5) is 11.8 Å². The van der Waals surface area contributed by atoms with Crippen molar-refractivity contribution in [2.24, 2.45) is 0 Å². The molecule has 0 atom stereocenters. The highest BCUT2D eigenvalue weighted by molar-refractivity contribution is 7.90.